The maximum Gasteiger partial charge on any atom is 0.396 e. The van der Waals surface area contributed by atoms with Gasteiger partial charge in [-0.1, -0.05) is 12.1 Å². The molecule has 0 radical (unpaired) electrons. The topological polar surface area (TPSA) is 103 Å². The molecule has 0 fully saturated rings. The third-order valence-corrected chi connectivity index (χ3v) is 2.56. The maximum atomic E-state index is 11.3. The van der Waals surface area contributed by atoms with Gasteiger partial charge in [0.15, 0.2) is 0 Å². The first-order valence-corrected chi connectivity index (χ1v) is 6.96. The Balaban J connectivity index is 1.66. The molecular formula is C16H14N4O4. The van der Waals surface area contributed by atoms with Crippen molar-refractivity contribution >= 4 is 24.4 Å². The van der Waals surface area contributed by atoms with Crippen LogP contribution in [0.4, 0.5) is 0 Å². The van der Waals surface area contributed by atoms with E-state index < -0.39 is 11.9 Å². The van der Waals surface area contributed by atoms with Gasteiger partial charge in [0.2, 0.25) is 0 Å². The van der Waals surface area contributed by atoms with Crippen molar-refractivity contribution < 1.29 is 19.4 Å². The predicted molar refractivity (Wildman–Crippen MR) is 85.1 cm³/mol. The van der Waals surface area contributed by atoms with E-state index in [9.17, 15) is 9.59 Å². The number of hydrogen-bond donors (Lipinski definition) is 0. The highest BCUT2D eigenvalue weighted by molar-refractivity contribution is 6.25. The normalized spacial score (nSPS) is 10.8. The Kier molecular flexibility index (Phi) is 6.75. The van der Waals surface area contributed by atoms with Gasteiger partial charge >= 0.3 is 11.9 Å². The number of hydrogen-bond acceptors (Lipinski definition) is 8. The number of carbonyl (C=O) groups is 2. The van der Waals surface area contributed by atoms with E-state index in [4.69, 9.17) is 0 Å². The number of rotatable bonds is 6. The molecule has 2 heterocycles. The van der Waals surface area contributed by atoms with Crippen molar-refractivity contribution in [3.8, 4) is 0 Å². The Hall–Kier alpha value is -3.42. The number of carbonyl (C=O) groups excluding carboxylic acids is 2. The fraction of sp³-hybridized carbons (Fsp3) is 0.125. The Morgan fingerprint density at radius 1 is 0.833 bits per heavy atom. The van der Waals surface area contributed by atoms with Crippen molar-refractivity contribution in [3.63, 3.8) is 0 Å². The van der Waals surface area contributed by atoms with Crippen LogP contribution in [0.1, 0.15) is 11.4 Å². The molecule has 0 aliphatic rings. The molecule has 0 atom stereocenters. The van der Waals surface area contributed by atoms with Gasteiger partial charge in [-0.3, -0.25) is 20.0 Å². The lowest BCUT2D eigenvalue weighted by atomic mass is 10.3. The van der Waals surface area contributed by atoms with Gasteiger partial charge in [0.1, 0.15) is 12.4 Å². The molecule has 2 aromatic heterocycles. The second kappa shape index (κ2) is 9.57. The van der Waals surface area contributed by atoms with E-state index in [0.717, 1.165) is 12.4 Å². The minimum Gasteiger partial charge on any atom is -0.279 e. The number of pyridine rings is 2. The van der Waals surface area contributed by atoms with Gasteiger partial charge in [-0.2, -0.15) is 0 Å². The van der Waals surface area contributed by atoms with Crippen LogP contribution in [0.3, 0.4) is 0 Å². The summed E-state index contributed by atoms with van der Waals surface area (Å²) in [6.45, 7) is 0.435. The van der Waals surface area contributed by atoms with Crippen LogP contribution < -0.4 is 0 Å². The van der Waals surface area contributed by atoms with Crippen LogP contribution >= 0.6 is 0 Å². The van der Waals surface area contributed by atoms with E-state index in [1.807, 2.05) is 12.1 Å². The number of aromatic nitrogens is 2. The van der Waals surface area contributed by atoms with E-state index in [2.05, 4.69) is 29.7 Å². The van der Waals surface area contributed by atoms with E-state index >= 15 is 0 Å². The zero-order valence-corrected chi connectivity index (χ0v) is 12.6. The second-order valence-electron chi connectivity index (χ2n) is 4.39. The average molecular weight is 326 g/mol. The first-order chi connectivity index (χ1) is 11.7. The van der Waals surface area contributed by atoms with Gasteiger partial charge in [-0.25, -0.2) is 19.4 Å². The lowest BCUT2D eigenvalue weighted by Gasteiger charge is -1.97. The summed E-state index contributed by atoms with van der Waals surface area (Å²) in [6, 6.07) is 10.7. The molecule has 0 bridgehead atoms. The SMILES string of the molecule is O=C(C=NCc1ccccn1)OOC(=O)C=NCc1ccccn1. The Bertz CT molecular complexity index is 654. The van der Waals surface area contributed by atoms with Crippen molar-refractivity contribution in [2.45, 2.75) is 13.1 Å². The summed E-state index contributed by atoms with van der Waals surface area (Å²) >= 11 is 0. The highest BCUT2D eigenvalue weighted by Gasteiger charge is 2.05. The van der Waals surface area contributed by atoms with Gasteiger partial charge in [0.05, 0.1) is 24.5 Å². The van der Waals surface area contributed by atoms with Crippen LogP contribution in [0.15, 0.2) is 58.8 Å². The Morgan fingerprint density at radius 2 is 1.29 bits per heavy atom. The first-order valence-electron chi connectivity index (χ1n) is 6.96. The van der Waals surface area contributed by atoms with E-state index in [1.165, 1.54) is 0 Å². The van der Waals surface area contributed by atoms with Gasteiger partial charge in [-0.15, -0.1) is 0 Å². The Morgan fingerprint density at radius 3 is 1.67 bits per heavy atom. The molecule has 0 spiro atoms. The van der Waals surface area contributed by atoms with Crippen LogP contribution in [-0.4, -0.2) is 34.3 Å². The smallest absolute Gasteiger partial charge is 0.279 e. The molecule has 2 aromatic rings. The zero-order chi connectivity index (χ0) is 17.0. The molecule has 0 saturated heterocycles. The van der Waals surface area contributed by atoms with E-state index in [1.54, 1.807) is 36.7 Å². The van der Waals surface area contributed by atoms with Crippen LogP contribution in [0, 0.1) is 0 Å². The summed E-state index contributed by atoms with van der Waals surface area (Å²) in [5.74, 6) is -1.81. The molecule has 24 heavy (non-hydrogen) atoms. The molecule has 0 aliphatic carbocycles. The van der Waals surface area contributed by atoms with Gasteiger partial charge in [-0.05, 0) is 24.3 Å². The van der Waals surface area contributed by atoms with Crippen molar-refractivity contribution in [1.82, 2.24) is 9.97 Å². The minimum absolute atomic E-state index is 0.218. The molecule has 8 nitrogen and oxygen atoms in total. The quantitative estimate of drug-likeness (QED) is 0.450. The molecule has 0 aliphatic heterocycles. The summed E-state index contributed by atoms with van der Waals surface area (Å²) in [5, 5.41) is 0. The molecule has 122 valence electrons. The summed E-state index contributed by atoms with van der Waals surface area (Å²) < 4.78 is 0. The monoisotopic (exact) mass is 326 g/mol. The van der Waals surface area contributed by atoms with Gasteiger partial charge < -0.3 is 0 Å². The fourth-order valence-electron chi connectivity index (χ4n) is 1.54. The first kappa shape index (κ1) is 16.9. The summed E-state index contributed by atoms with van der Waals surface area (Å²) in [6.07, 6.45) is 5.06. The summed E-state index contributed by atoms with van der Waals surface area (Å²) in [7, 11) is 0. The lowest BCUT2D eigenvalue weighted by Crippen LogP contribution is -2.13. The number of nitrogens with zero attached hydrogens (tertiary/aromatic N) is 4. The molecule has 0 unspecified atom stereocenters. The van der Waals surface area contributed by atoms with Crippen LogP contribution in [-0.2, 0) is 32.5 Å². The third kappa shape index (κ3) is 6.56. The third-order valence-electron chi connectivity index (χ3n) is 2.56. The molecule has 2 rings (SSSR count). The van der Waals surface area contributed by atoms with Gasteiger partial charge in [0, 0.05) is 12.4 Å². The van der Waals surface area contributed by atoms with Crippen molar-refractivity contribution in [2.75, 3.05) is 0 Å². The fourth-order valence-corrected chi connectivity index (χ4v) is 1.54. The molecule has 0 saturated carbocycles. The van der Waals surface area contributed by atoms with Crippen molar-refractivity contribution in [1.29, 1.82) is 0 Å². The van der Waals surface area contributed by atoms with E-state index in [0.29, 0.717) is 11.4 Å². The van der Waals surface area contributed by atoms with Crippen molar-refractivity contribution in [2.24, 2.45) is 9.98 Å². The minimum atomic E-state index is -0.905. The molecule has 0 N–H and O–H groups in total. The molecule has 0 aromatic carbocycles. The number of aliphatic imine (C=N–C) groups is 2. The predicted octanol–water partition coefficient (Wildman–Crippen LogP) is 1.32. The van der Waals surface area contributed by atoms with Crippen LogP contribution in [0.25, 0.3) is 0 Å². The standard InChI is InChI=1S/C16H14N4O4/c21-15(11-17-9-13-5-1-3-7-19-13)23-24-16(22)12-18-10-14-6-2-4-8-20-14/h1-8,11-12H,9-10H2. The largest absolute Gasteiger partial charge is 0.396 e. The van der Waals surface area contributed by atoms with Crippen LogP contribution in [0.5, 0.6) is 0 Å². The Labute approximate surface area is 137 Å². The highest BCUT2D eigenvalue weighted by Crippen LogP contribution is 1.96. The van der Waals surface area contributed by atoms with Crippen LogP contribution in [0.2, 0.25) is 0 Å². The van der Waals surface area contributed by atoms with Gasteiger partial charge in [0.25, 0.3) is 0 Å². The average Bonchev–Trinajstić information content (AvgIpc) is 2.62. The van der Waals surface area contributed by atoms with Crippen molar-refractivity contribution in [3.05, 3.63) is 60.2 Å². The molecule has 0 amide bonds. The second-order valence-corrected chi connectivity index (χ2v) is 4.39. The zero-order valence-electron chi connectivity index (χ0n) is 12.6. The summed E-state index contributed by atoms with van der Waals surface area (Å²) in [5.41, 5.74) is 1.39. The van der Waals surface area contributed by atoms with E-state index in [-0.39, 0.29) is 13.1 Å². The lowest BCUT2D eigenvalue weighted by molar-refractivity contribution is -0.246. The highest BCUT2D eigenvalue weighted by atomic mass is 17.2. The summed E-state index contributed by atoms with van der Waals surface area (Å²) in [4.78, 5) is 46.9. The maximum absolute atomic E-state index is 11.3. The molecule has 8 heteroatoms. The molecular weight excluding hydrogens is 312 g/mol.